The maximum Gasteiger partial charge on any atom is 0.417 e. The van der Waals surface area contributed by atoms with E-state index in [1.165, 1.54) is 24.3 Å². The van der Waals surface area contributed by atoms with Gasteiger partial charge >= 0.3 is 6.18 Å². The van der Waals surface area contributed by atoms with Gasteiger partial charge in [0, 0.05) is 22.7 Å². The van der Waals surface area contributed by atoms with Crippen molar-refractivity contribution in [2.75, 3.05) is 0 Å². The van der Waals surface area contributed by atoms with Crippen molar-refractivity contribution in [3.8, 4) is 17.6 Å². The highest BCUT2D eigenvalue weighted by Crippen LogP contribution is 2.38. The third kappa shape index (κ3) is 5.98. The third-order valence-electron chi connectivity index (χ3n) is 5.38. The summed E-state index contributed by atoms with van der Waals surface area (Å²) in [4.78, 5) is 12.8. The molecule has 2 N–H and O–H groups in total. The molecule has 2 aromatic rings. The second-order valence-electron chi connectivity index (χ2n) is 9.51. The van der Waals surface area contributed by atoms with Gasteiger partial charge < -0.3 is 15.4 Å². The van der Waals surface area contributed by atoms with Gasteiger partial charge in [-0.3, -0.25) is 4.79 Å². The summed E-state index contributed by atoms with van der Waals surface area (Å²) in [6.07, 6.45) is -3.19. The van der Waals surface area contributed by atoms with E-state index in [9.17, 15) is 23.2 Å². The number of rotatable bonds is 4. The quantitative estimate of drug-likeness (QED) is 0.558. The van der Waals surface area contributed by atoms with E-state index in [4.69, 9.17) is 16.3 Å². The Morgan fingerprint density at radius 2 is 1.79 bits per heavy atom. The largest absolute Gasteiger partial charge is 0.454 e. The maximum atomic E-state index is 13.2. The number of ether oxygens (including phenoxy) is 1. The number of nitrogens with one attached hydrogen (secondary N) is 2. The first-order valence-electron chi connectivity index (χ1n) is 10.4. The average Bonchev–Trinajstić information content (AvgIpc) is 2.66. The van der Waals surface area contributed by atoms with E-state index in [0.717, 1.165) is 25.0 Å². The summed E-state index contributed by atoms with van der Waals surface area (Å²) in [5.41, 5.74) is -1.72. The molecular formula is C24H25ClF3N3O2. The van der Waals surface area contributed by atoms with E-state index in [1.807, 2.05) is 0 Å². The highest BCUT2D eigenvalue weighted by molar-refractivity contribution is 6.32. The summed E-state index contributed by atoms with van der Waals surface area (Å²) in [7, 11) is 0. The first-order valence-corrected chi connectivity index (χ1v) is 10.8. The Morgan fingerprint density at radius 1 is 1.15 bits per heavy atom. The minimum absolute atomic E-state index is 0.0353. The van der Waals surface area contributed by atoms with Gasteiger partial charge in [0.05, 0.1) is 10.6 Å². The molecule has 3 rings (SSSR count). The standard InChI is InChI=1S/C24H25ClF3N3O2/c1-22(2)11-15(12-23(3,4)31-22)30-21(32)14-8-9-20(18(25)10-14)33-19-7-5-6-17(16(19)13-29)24(26,27)28/h5-10,15,31H,11-12H2,1-4H3,(H,30,32). The van der Waals surface area contributed by atoms with Crippen molar-refractivity contribution in [3.05, 3.63) is 58.1 Å². The van der Waals surface area contributed by atoms with E-state index in [2.05, 4.69) is 38.3 Å². The second-order valence-corrected chi connectivity index (χ2v) is 9.91. The Morgan fingerprint density at radius 3 is 2.33 bits per heavy atom. The molecule has 0 atom stereocenters. The SMILES string of the molecule is CC1(C)CC(NC(=O)c2ccc(Oc3cccc(C(F)(F)F)c3C#N)c(Cl)c2)CC(C)(C)N1. The first kappa shape index (κ1) is 24.9. The van der Waals surface area contributed by atoms with Crippen molar-refractivity contribution >= 4 is 17.5 Å². The van der Waals surface area contributed by atoms with Crippen molar-refractivity contribution in [3.63, 3.8) is 0 Å². The van der Waals surface area contributed by atoms with Gasteiger partial charge in [0.15, 0.2) is 0 Å². The topological polar surface area (TPSA) is 74.1 Å². The molecule has 1 fully saturated rings. The number of nitrogens with zero attached hydrogens (tertiary/aromatic N) is 1. The minimum Gasteiger partial charge on any atom is -0.454 e. The van der Waals surface area contributed by atoms with Gasteiger partial charge in [-0.2, -0.15) is 18.4 Å². The number of benzene rings is 2. The number of hydrogen-bond acceptors (Lipinski definition) is 4. The van der Waals surface area contributed by atoms with E-state index in [0.29, 0.717) is 5.56 Å². The van der Waals surface area contributed by atoms with Gasteiger partial charge in [0.25, 0.3) is 5.91 Å². The molecule has 2 aromatic carbocycles. The lowest BCUT2D eigenvalue weighted by Crippen LogP contribution is -2.62. The smallest absolute Gasteiger partial charge is 0.417 e. The van der Waals surface area contributed by atoms with Crippen LogP contribution in [0.4, 0.5) is 13.2 Å². The number of carbonyl (C=O) groups is 1. The summed E-state index contributed by atoms with van der Waals surface area (Å²) < 4.78 is 45.1. The zero-order chi connectivity index (χ0) is 24.6. The number of alkyl halides is 3. The molecule has 0 radical (unpaired) electrons. The van der Waals surface area contributed by atoms with Crippen LogP contribution in [0.25, 0.3) is 0 Å². The van der Waals surface area contributed by atoms with Crippen molar-refractivity contribution in [1.82, 2.24) is 10.6 Å². The molecular weight excluding hydrogens is 455 g/mol. The number of carbonyl (C=O) groups excluding carboxylic acids is 1. The summed E-state index contributed by atoms with van der Waals surface area (Å²) in [6, 6.07) is 8.99. The van der Waals surface area contributed by atoms with Crippen LogP contribution < -0.4 is 15.4 Å². The second kappa shape index (κ2) is 8.88. The Kier molecular flexibility index (Phi) is 6.69. The third-order valence-corrected chi connectivity index (χ3v) is 5.68. The molecule has 0 aliphatic carbocycles. The first-order chi connectivity index (χ1) is 15.2. The van der Waals surface area contributed by atoms with Crippen molar-refractivity contribution < 1.29 is 22.7 Å². The van der Waals surface area contributed by atoms with Crippen molar-refractivity contribution in [2.24, 2.45) is 0 Å². The summed E-state index contributed by atoms with van der Waals surface area (Å²) in [6.45, 7) is 8.33. The van der Waals surface area contributed by atoms with E-state index in [1.54, 1.807) is 6.07 Å². The zero-order valence-corrected chi connectivity index (χ0v) is 19.5. The zero-order valence-electron chi connectivity index (χ0n) is 18.7. The van der Waals surface area contributed by atoms with E-state index >= 15 is 0 Å². The molecule has 0 unspecified atom stereocenters. The van der Waals surface area contributed by atoms with Gasteiger partial charge in [-0.05, 0) is 70.9 Å². The summed E-state index contributed by atoms with van der Waals surface area (Å²) in [5.74, 6) is -0.544. The molecule has 1 aliphatic heterocycles. The molecule has 1 amide bonds. The van der Waals surface area contributed by atoms with Crippen LogP contribution in [0, 0.1) is 11.3 Å². The van der Waals surface area contributed by atoms with E-state index < -0.39 is 17.3 Å². The normalized spacial score (nSPS) is 17.8. The lowest BCUT2D eigenvalue weighted by Gasteiger charge is -2.46. The molecule has 0 bridgehead atoms. The van der Waals surface area contributed by atoms with Gasteiger partial charge in [-0.15, -0.1) is 0 Å². The molecule has 1 heterocycles. The monoisotopic (exact) mass is 479 g/mol. The number of halogens is 4. The van der Waals surface area contributed by atoms with Crippen LogP contribution in [0.15, 0.2) is 36.4 Å². The Bertz CT molecular complexity index is 1090. The van der Waals surface area contributed by atoms with E-state index in [-0.39, 0.29) is 39.5 Å². The Balaban J connectivity index is 1.79. The Labute approximate surface area is 195 Å². The van der Waals surface area contributed by atoms with Gasteiger partial charge in [-0.1, -0.05) is 17.7 Å². The molecule has 9 heteroatoms. The number of amides is 1. The number of hydrogen-bond donors (Lipinski definition) is 2. The fourth-order valence-electron chi connectivity index (χ4n) is 4.50. The molecule has 5 nitrogen and oxygen atoms in total. The molecule has 0 aromatic heterocycles. The van der Waals surface area contributed by atoms with Crippen LogP contribution in [-0.2, 0) is 6.18 Å². The van der Waals surface area contributed by atoms with Gasteiger partial charge in [-0.25, -0.2) is 0 Å². The number of piperidine rings is 1. The molecule has 33 heavy (non-hydrogen) atoms. The van der Waals surface area contributed by atoms with Crippen LogP contribution in [-0.4, -0.2) is 23.0 Å². The molecule has 0 saturated carbocycles. The molecule has 1 aliphatic rings. The highest BCUT2D eigenvalue weighted by Gasteiger charge is 2.38. The fourth-order valence-corrected chi connectivity index (χ4v) is 4.72. The molecule has 176 valence electrons. The fraction of sp³-hybridized carbons (Fsp3) is 0.417. The van der Waals surface area contributed by atoms with Gasteiger partial charge in [0.2, 0.25) is 0 Å². The van der Waals surface area contributed by atoms with Crippen LogP contribution in [0.5, 0.6) is 11.5 Å². The number of nitriles is 1. The predicted molar refractivity (Wildman–Crippen MR) is 119 cm³/mol. The summed E-state index contributed by atoms with van der Waals surface area (Å²) >= 11 is 6.26. The van der Waals surface area contributed by atoms with Crippen LogP contribution in [0.3, 0.4) is 0 Å². The lowest BCUT2D eigenvalue weighted by atomic mass is 9.79. The molecule has 1 saturated heterocycles. The summed E-state index contributed by atoms with van der Waals surface area (Å²) in [5, 5.41) is 15.9. The van der Waals surface area contributed by atoms with Crippen LogP contribution >= 0.6 is 11.6 Å². The van der Waals surface area contributed by atoms with Crippen molar-refractivity contribution in [1.29, 1.82) is 5.26 Å². The van der Waals surface area contributed by atoms with Crippen LogP contribution in [0.1, 0.15) is 62.0 Å². The minimum atomic E-state index is -4.70. The maximum absolute atomic E-state index is 13.2. The van der Waals surface area contributed by atoms with Crippen LogP contribution in [0.2, 0.25) is 5.02 Å². The Hall–Kier alpha value is -2.76. The lowest BCUT2D eigenvalue weighted by molar-refractivity contribution is -0.137. The van der Waals surface area contributed by atoms with Crippen molar-refractivity contribution in [2.45, 2.75) is 63.8 Å². The average molecular weight is 480 g/mol. The van der Waals surface area contributed by atoms with Gasteiger partial charge in [0.1, 0.15) is 23.1 Å². The molecule has 0 spiro atoms. The highest BCUT2D eigenvalue weighted by atomic mass is 35.5. The predicted octanol–water partition coefficient (Wildman–Crippen LogP) is 6.06.